The van der Waals surface area contributed by atoms with Crippen molar-refractivity contribution in [3.05, 3.63) is 241 Å². The van der Waals surface area contributed by atoms with Gasteiger partial charge in [-0.2, -0.15) is 0 Å². The number of aryl methyl sites for hydroxylation is 1. The number of thiophene rings is 1. The van der Waals surface area contributed by atoms with Gasteiger partial charge in [0.25, 0.3) is 0 Å². The van der Waals surface area contributed by atoms with Crippen LogP contribution in [-0.4, -0.2) is 19.5 Å². The summed E-state index contributed by atoms with van der Waals surface area (Å²) in [5, 5.41) is 11.9. The molecule has 0 N–H and O–H groups in total. The van der Waals surface area contributed by atoms with E-state index in [1.807, 2.05) is 11.3 Å². The molecule has 1 aliphatic carbocycles. The first-order valence-electron chi connectivity index (χ1n) is 24.5. The SMILES string of the molecule is c1ccc(-n2c3ccccc3c3c(-c4nc(-c5cccc6ccccc56)nc(-c5c(C6CCc7cc8ccccc8cc7-c7ccccc76)c6c7ccccc7sc6c6ccccc56)n4)cccc32)cc1. The molecule has 14 aromatic rings. The van der Waals surface area contributed by atoms with Gasteiger partial charge in [0.1, 0.15) is 0 Å². The van der Waals surface area contributed by atoms with E-state index < -0.39 is 0 Å². The molecule has 1 unspecified atom stereocenters. The van der Waals surface area contributed by atoms with E-state index in [0.29, 0.717) is 17.5 Å². The Balaban J connectivity index is 1.08. The second-order valence-electron chi connectivity index (χ2n) is 18.9. The normalized spacial score (nSPS) is 13.7. The van der Waals surface area contributed by atoms with Gasteiger partial charge in [-0.05, 0) is 104 Å². The van der Waals surface area contributed by atoms with Crippen LogP contribution in [0.5, 0.6) is 0 Å². The van der Waals surface area contributed by atoms with Crippen molar-refractivity contribution in [2.24, 2.45) is 0 Å². The number of aromatic nitrogens is 4. The van der Waals surface area contributed by atoms with E-state index in [1.165, 1.54) is 64.1 Å². The molecule has 0 bridgehead atoms. The monoisotopic (exact) mass is 922 g/mol. The first-order chi connectivity index (χ1) is 35.2. The van der Waals surface area contributed by atoms with Crippen molar-refractivity contribution < 1.29 is 0 Å². The minimum absolute atomic E-state index is 0.00956. The third-order valence-corrected chi connectivity index (χ3v) is 16.3. The summed E-state index contributed by atoms with van der Waals surface area (Å²) in [6.07, 6.45) is 1.84. The quantitative estimate of drug-likeness (QED) is 0.173. The molecule has 11 aromatic carbocycles. The van der Waals surface area contributed by atoms with E-state index in [1.54, 1.807) is 0 Å². The molecule has 1 atom stereocenters. The summed E-state index contributed by atoms with van der Waals surface area (Å²) >= 11 is 1.90. The molecule has 3 heterocycles. The van der Waals surface area contributed by atoms with Crippen molar-refractivity contribution in [3.8, 4) is 51.0 Å². The Bertz CT molecular complexity index is 4480. The highest BCUT2D eigenvalue weighted by Gasteiger charge is 2.32. The lowest BCUT2D eigenvalue weighted by Gasteiger charge is -2.25. The Morgan fingerprint density at radius 1 is 0.408 bits per heavy atom. The minimum Gasteiger partial charge on any atom is -0.309 e. The van der Waals surface area contributed by atoms with E-state index in [9.17, 15) is 0 Å². The molecule has 0 aliphatic heterocycles. The third-order valence-electron chi connectivity index (χ3n) is 15.1. The number of benzene rings is 11. The van der Waals surface area contributed by atoms with Crippen molar-refractivity contribution >= 4 is 85.6 Å². The second-order valence-corrected chi connectivity index (χ2v) is 19.9. The van der Waals surface area contributed by atoms with Crippen molar-refractivity contribution in [1.82, 2.24) is 19.5 Å². The van der Waals surface area contributed by atoms with Gasteiger partial charge >= 0.3 is 0 Å². The molecule has 0 saturated carbocycles. The van der Waals surface area contributed by atoms with E-state index in [4.69, 9.17) is 15.0 Å². The summed E-state index contributed by atoms with van der Waals surface area (Å²) in [6, 6.07) is 81.8. The molecule has 0 spiro atoms. The summed E-state index contributed by atoms with van der Waals surface area (Å²) in [5.41, 5.74) is 12.9. The average molecular weight is 923 g/mol. The lowest BCUT2D eigenvalue weighted by molar-refractivity contribution is 0.732. The zero-order valence-electron chi connectivity index (χ0n) is 38.6. The Labute approximate surface area is 413 Å². The molecule has 332 valence electrons. The summed E-state index contributed by atoms with van der Waals surface area (Å²) < 4.78 is 4.94. The second kappa shape index (κ2) is 15.9. The van der Waals surface area contributed by atoms with E-state index >= 15 is 0 Å². The number of para-hydroxylation sites is 2. The molecule has 71 heavy (non-hydrogen) atoms. The maximum atomic E-state index is 5.82. The van der Waals surface area contributed by atoms with Gasteiger partial charge in [0, 0.05) is 64.6 Å². The van der Waals surface area contributed by atoms with Crippen molar-refractivity contribution in [2.45, 2.75) is 18.8 Å². The summed E-state index contributed by atoms with van der Waals surface area (Å²) in [6.45, 7) is 0. The molecular weight excluding hydrogens is 881 g/mol. The van der Waals surface area contributed by atoms with Crippen molar-refractivity contribution in [3.63, 3.8) is 0 Å². The van der Waals surface area contributed by atoms with Crippen LogP contribution in [0.25, 0.3) is 125 Å². The van der Waals surface area contributed by atoms with Gasteiger partial charge in [0.2, 0.25) is 0 Å². The molecule has 15 rings (SSSR count). The smallest absolute Gasteiger partial charge is 0.165 e. The van der Waals surface area contributed by atoms with Crippen LogP contribution < -0.4 is 0 Å². The van der Waals surface area contributed by atoms with Crippen LogP contribution in [0.4, 0.5) is 0 Å². The van der Waals surface area contributed by atoms with Crippen LogP contribution in [-0.2, 0) is 6.42 Å². The lowest BCUT2D eigenvalue weighted by atomic mass is 9.79. The first-order valence-corrected chi connectivity index (χ1v) is 25.3. The van der Waals surface area contributed by atoms with Crippen LogP contribution in [0.2, 0.25) is 0 Å². The Hall–Kier alpha value is -8.77. The molecule has 0 saturated heterocycles. The zero-order chi connectivity index (χ0) is 46.6. The van der Waals surface area contributed by atoms with Gasteiger partial charge in [-0.25, -0.2) is 15.0 Å². The summed E-state index contributed by atoms with van der Waals surface area (Å²) in [5.74, 6) is 1.98. The Morgan fingerprint density at radius 3 is 1.86 bits per heavy atom. The number of nitrogens with zero attached hydrogens (tertiary/aromatic N) is 4. The highest BCUT2D eigenvalue weighted by molar-refractivity contribution is 7.26. The minimum atomic E-state index is 0.00956. The number of rotatable bonds is 5. The highest BCUT2D eigenvalue weighted by Crippen LogP contribution is 2.53. The number of fused-ring (bicyclic) bond motifs is 13. The van der Waals surface area contributed by atoms with Gasteiger partial charge in [-0.15, -0.1) is 11.3 Å². The van der Waals surface area contributed by atoms with Gasteiger partial charge in [-0.3, -0.25) is 0 Å². The summed E-state index contributed by atoms with van der Waals surface area (Å²) in [7, 11) is 0. The van der Waals surface area contributed by atoms with Gasteiger partial charge in [-0.1, -0.05) is 188 Å². The average Bonchev–Trinajstić information content (AvgIpc) is 3.95. The van der Waals surface area contributed by atoms with Crippen LogP contribution in [0.15, 0.2) is 224 Å². The molecule has 1 aliphatic rings. The fourth-order valence-corrected chi connectivity index (χ4v) is 13.3. The fraction of sp³-hybridized carbons (Fsp3) is 0.0455. The molecule has 0 radical (unpaired) electrons. The maximum Gasteiger partial charge on any atom is 0.165 e. The van der Waals surface area contributed by atoms with Crippen LogP contribution in [0.1, 0.15) is 29.0 Å². The zero-order valence-corrected chi connectivity index (χ0v) is 39.4. The van der Waals surface area contributed by atoms with Crippen LogP contribution >= 0.6 is 11.3 Å². The van der Waals surface area contributed by atoms with E-state index in [2.05, 4.69) is 229 Å². The molecule has 0 fully saturated rings. The highest BCUT2D eigenvalue weighted by atomic mass is 32.1. The standard InChI is InChI=1S/C66H42N4S/c1-2-22-44(23-3-1)70-56-33-14-12-29-52(56)59-54(32-17-34-57(59)70)65-67-64(51-31-16-21-40-18-6-7-24-45(40)51)68-66(69-65)62-48-27-10-11-28-50(48)63-61(53-30-13-15-35-58(53)71-63)60(62)49-37-36-43-38-41-19-4-5-20-42(41)39-55(43)47-26-9-8-25-46(47)49/h1-35,38-39,49H,36-37H2. The number of hydrogen-bond donors (Lipinski definition) is 0. The topological polar surface area (TPSA) is 43.6 Å². The largest absolute Gasteiger partial charge is 0.309 e. The molecular formula is C66H42N4S. The molecule has 4 nitrogen and oxygen atoms in total. The fourth-order valence-electron chi connectivity index (χ4n) is 12.0. The van der Waals surface area contributed by atoms with E-state index in [-0.39, 0.29) is 5.92 Å². The van der Waals surface area contributed by atoms with Gasteiger partial charge in [0.05, 0.1) is 11.0 Å². The lowest BCUT2D eigenvalue weighted by Crippen LogP contribution is -2.08. The van der Waals surface area contributed by atoms with Crippen LogP contribution in [0, 0.1) is 0 Å². The Kier molecular flexibility index (Phi) is 8.99. The molecule has 3 aromatic heterocycles. The molecule has 0 amide bonds. The predicted molar refractivity (Wildman–Crippen MR) is 298 cm³/mol. The van der Waals surface area contributed by atoms with Crippen LogP contribution in [0.3, 0.4) is 0 Å². The van der Waals surface area contributed by atoms with Crippen molar-refractivity contribution in [2.75, 3.05) is 0 Å². The third kappa shape index (κ3) is 6.19. The van der Waals surface area contributed by atoms with Gasteiger partial charge < -0.3 is 4.57 Å². The van der Waals surface area contributed by atoms with E-state index in [0.717, 1.165) is 73.2 Å². The summed E-state index contributed by atoms with van der Waals surface area (Å²) in [4.78, 5) is 17.2. The first kappa shape index (κ1) is 40.1. The number of hydrogen-bond acceptors (Lipinski definition) is 4. The Morgan fingerprint density at radius 2 is 1.00 bits per heavy atom. The molecule has 5 heteroatoms. The van der Waals surface area contributed by atoms with Gasteiger partial charge in [0.15, 0.2) is 17.5 Å². The maximum absolute atomic E-state index is 5.82. The predicted octanol–water partition coefficient (Wildman–Crippen LogP) is 17.5. The van der Waals surface area contributed by atoms with Crippen molar-refractivity contribution in [1.29, 1.82) is 0 Å².